The van der Waals surface area contributed by atoms with Crippen LogP contribution in [0.1, 0.15) is 16.2 Å². The van der Waals surface area contributed by atoms with E-state index in [1.807, 2.05) is 0 Å². The predicted octanol–water partition coefficient (Wildman–Crippen LogP) is 0.472. The maximum absolute atomic E-state index is 11.8. The minimum atomic E-state index is -3.70. The van der Waals surface area contributed by atoms with Crippen molar-refractivity contribution in [3.05, 3.63) is 29.7 Å². The van der Waals surface area contributed by atoms with Gasteiger partial charge in [0.2, 0.25) is 5.09 Å². The highest BCUT2D eigenvalue weighted by atomic mass is 32.2. The van der Waals surface area contributed by atoms with E-state index in [1.165, 1.54) is 19.2 Å². The number of rotatable bonds is 4. The van der Waals surface area contributed by atoms with E-state index in [2.05, 4.69) is 20.2 Å². The van der Waals surface area contributed by atoms with Gasteiger partial charge in [0.15, 0.2) is 11.6 Å². The lowest BCUT2D eigenvalue weighted by molar-refractivity contribution is 0.0991. The van der Waals surface area contributed by atoms with Gasteiger partial charge in [-0.1, -0.05) is 0 Å². The third kappa shape index (κ3) is 2.83. The van der Waals surface area contributed by atoms with Gasteiger partial charge in [0.05, 0.1) is 0 Å². The maximum atomic E-state index is 11.8. The van der Waals surface area contributed by atoms with E-state index in [1.54, 1.807) is 13.0 Å². The number of aromatic amines is 1. The fraction of sp³-hybridized carbons (Fsp3) is 0.200. The van der Waals surface area contributed by atoms with Crippen LogP contribution in [-0.2, 0) is 10.0 Å². The first-order valence-corrected chi connectivity index (χ1v) is 6.77. The molecule has 2 rings (SSSR count). The van der Waals surface area contributed by atoms with Crippen molar-refractivity contribution in [3.63, 3.8) is 0 Å². The number of hydrogen-bond donors (Lipinski definition) is 3. The Balaban J connectivity index is 2.17. The second-order valence-corrected chi connectivity index (χ2v) is 5.53. The Hall–Kier alpha value is -2.13. The van der Waals surface area contributed by atoms with Crippen molar-refractivity contribution >= 4 is 21.7 Å². The summed E-state index contributed by atoms with van der Waals surface area (Å²) < 4.78 is 30.0. The van der Waals surface area contributed by atoms with Gasteiger partial charge in [-0.3, -0.25) is 9.89 Å². The van der Waals surface area contributed by atoms with E-state index < -0.39 is 15.9 Å². The maximum Gasteiger partial charge on any atom is 0.292 e. The van der Waals surface area contributed by atoms with Crippen molar-refractivity contribution in [1.29, 1.82) is 0 Å². The number of sulfonamides is 1. The molecule has 0 atom stereocenters. The highest BCUT2D eigenvalue weighted by Crippen LogP contribution is 2.15. The monoisotopic (exact) mass is 284 g/mol. The van der Waals surface area contributed by atoms with Crippen LogP contribution in [-0.4, -0.2) is 31.6 Å². The summed E-state index contributed by atoms with van der Waals surface area (Å²) in [6.45, 7) is 1.78. The lowest BCUT2D eigenvalue weighted by Gasteiger charge is -1.98. The summed E-state index contributed by atoms with van der Waals surface area (Å²) in [5.74, 6) is -0.365. The molecule has 8 nitrogen and oxygen atoms in total. The quantitative estimate of drug-likeness (QED) is 0.754. The summed E-state index contributed by atoms with van der Waals surface area (Å²) in [5.41, 5.74) is 0.785. The average Bonchev–Trinajstić information content (AvgIpc) is 2.98. The molecule has 0 fully saturated rings. The minimum Gasteiger partial charge on any atom is -0.438 e. The molecule has 9 heteroatoms. The Morgan fingerprint density at radius 1 is 1.42 bits per heavy atom. The van der Waals surface area contributed by atoms with Crippen molar-refractivity contribution in [3.8, 4) is 0 Å². The van der Waals surface area contributed by atoms with Gasteiger partial charge in [0, 0.05) is 11.8 Å². The lowest BCUT2D eigenvalue weighted by Crippen LogP contribution is -2.18. The number of furan rings is 1. The summed E-state index contributed by atoms with van der Waals surface area (Å²) in [7, 11) is -2.44. The number of anilines is 1. The van der Waals surface area contributed by atoms with Crippen molar-refractivity contribution in [2.24, 2.45) is 0 Å². The van der Waals surface area contributed by atoms with Crippen LogP contribution < -0.4 is 10.0 Å². The fourth-order valence-electron chi connectivity index (χ4n) is 1.35. The zero-order chi connectivity index (χ0) is 14.0. The van der Waals surface area contributed by atoms with E-state index in [4.69, 9.17) is 4.42 Å². The number of H-pyrrole nitrogens is 1. The zero-order valence-corrected chi connectivity index (χ0v) is 11.0. The van der Waals surface area contributed by atoms with Crippen LogP contribution in [0.2, 0.25) is 0 Å². The summed E-state index contributed by atoms with van der Waals surface area (Å²) in [6.07, 6.45) is 0. The van der Waals surface area contributed by atoms with Crippen LogP contribution >= 0.6 is 0 Å². The molecule has 2 heterocycles. The van der Waals surface area contributed by atoms with Crippen LogP contribution in [0, 0.1) is 6.92 Å². The second-order valence-electron chi connectivity index (χ2n) is 3.72. The number of nitrogens with zero attached hydrogens (tertiary/aromatic N) is 1. The Morgan fingerprint density at radius 2 is 2.16 bits per heavy atom. The number of nitrogens with one attached hydrogen (secondary N) is 3. The van der Waals surface area contributed by atoms with Crippen LogP contribution in [0.4, 0.5) is 5.82 Å². The Kier molecular flexibility index (Phi) is 3.40. The first kappa shape index (κ1) is 13.3. The highest BCUT2D eigenvalue weighted by Gasteiger charge is 2.19. The van der Waals surface area contributed by atoms with E-state index >= 15 is 0 Å². The molecule has 2 aromatic heterocycles. The number of carbonyl (C=O) groups is 1. The van der Waals surface area contributed by atoms with Crippen molar-refractivity contribution < 1.29 is 17.6 Å². The molecular formula is C10H12N4O4S. The third-order valence-electron chi connectivity index (χ3n) is 2.29. The molecule has 0 saturated carbocycles. The minimum absolute atomic E-state index is 0.116. The van der Waals surface area contributed by atoms with Crippen molar-refractivity contribution in [2.75, 3.05) is 12.4 Å². The number of aromatic nitrogens is 2. The molecule has 0 saturated heterocycles. The highest BCUT2D eigenvalue weighted by molar-refractivity contribution is 7.89. The number of aryl methyl sites for hydroxylation is 1. The molecule has 19 heavy (non-hydrogen) atoms. The molecule has 1 amide bonds. The van der Waals surface area contributed by atoms with Gasteiger partial charge in [0.25, 0.3) is 15.9 Å². The Labute approximate surface area is 109 Å². The van der Waals surface area contributed by atoms with Gasteiger partial charge in [-0.2, -0.15) is 5.10 Å². The molecule has 0 spiro atoms. The van der Waals surface area contributed by atoms with E-state index in [-0.39, 0.29) is 10.9 Å². The smallest absolute Gasteiger partial charge is 0.292 e. The average molecular weight is 284 g/mol. The summed E-state index contributed by atoms with van der Waals surface area (Å²) in [6, 6.07) is 4.11. The third-order valence-corrected chi connectivity index (χ3v) is 3.57. The fourth-order valence-corrected chi connectivity index (χ4v) is 2.00. The normalized spacial score (nSPS) is 11.5. The van der Waals surface area contributed by atoms with Crippen LogP contribution in [0.3, 0.4) is 0 Å². The molecule has 0 bridgehead atoms. The first-order valence-electron chi connectivity index (χ1n) is 5.29. The van der Waals surface area contributed by atoms with E-state index in [0.29, 0.717) is 5.82 Å². The van der Waals surface area contributed by atoms with Crippen molar-refractivity contribution in [1.82, 2.24) is 14.9 Å². The van der Waals surface area contributed by atoms with Crippen molar-refractivity contribution in [2.45, 2.75) is 12.0 Å². The molecule has 102 valence electrons. The molecule has 0 radical (unpaired) electrons. The van der Waals surface area contributed by atoms with Gasteiger partial charge in [-0.05, 0) is 26.1 Å². The Bertz CT molecular complexity index is 701. The molecule has 3 N–H and O–H groups in total. The molecule has 0 aliphatic carbocycles. The standard InChI is InChI=1S/C10H12N4O4S/c1-6-5-8(14-13-6)12-10(15)7-3-4-9(18-7)19(16,17)11-2/h3-5,11H,1-2H3,(H2,12,13,14,15). The molecule has 0 unspecified atom stereocenters. The molecule has 0 aromatic carbocycles. The van der Waals surface area contributed by atoms with E-state index in [0.717, 1.165) is 5.69 Å². The summed E-state index contributed by atoms with van der Waals surface area (Å²) in [5, 5.41) is 8.64. The summed E-state index contributed by atoms with van der Waals surface area (Å²) >= 11 is 0. The van der Waals surface area contributed by atoms with Gasteiger partial charge in [0.1, 0.15) is 0 Å². The van der Waals surface area contributed by atoms with Gasteiger partial charge >= 0.3 is 0 Å². The van der Waals surface area contributed by atoms with Gasteiger partial charge < -0.3 is 9.73 Å². The van der Waals surface area contributed by atoms with Gasteiger partial charge in [-0.15, -0.1) is 0 Å². The lowest BCUT2D eigenvalue weighted by atomic mass is 10.4. The zero-order valence-electron chi connectivity index (χ0n) is 10.2. The largest absolute Gasteiger partial charge is 0.438 e. The molecule has 0 aliphatic rings. The summed E-state index contributed by atoms with van der Waals surface area (Å²) in [4.78, 5) is 11.8. The number of amides is 1. The SMILES string of the molecule is CNS(=O)(=O)c1ccc(C(=O)Nc2cc(C)[nH]n2)o1. The number of hydrogen-bond acceptors (Lipinski definition) is 5. The molecule has 0 aliphatic heterocycles. The van der Waals surface area contributed by atoms with Crippen LogP contribution in [0.5, 0.6) is 0 Å². The molecular weight excluding hydrogens is 272 g/mol. The van der Waals surface area contributed by atoms with E-state index in [9.17, 15) is 13.2 Å². The van der Waals surface area contributed by atoms with Crippen LogP contribution in [0.25, 0.3) is 0 Å². The number of carbonyl (C=O) groups excluding carboxylic acids is 1. The predicted molar refractivity (Wildman–Crippen MR) is 66.2 cm³/mol. The Morgan fingerprint density at radius 3 is 2.74 bits per heavy atom. The van der Waals surface area contributed by atoms with Crippen LogP contribution in [0.15, 0.2) is 27.7 Å². The topological polar surface area (TPSA) is 117 Å². The first-order chi connectivity index (χ1) is 8.92. The second kappa shape index (κ2) is 4.86. The molecule has 2 aromatic rings. The van der Waals surface area contributed by atoms with Gasteiger partial charge in [-0.25, -0.2) is 13.1 Å².